The number of carbonyl (C=O) groups excluding carboxylic acids is 2. The van der Waals surface area contributed by atoms with Crippen molar-refractivity contribution in [3.63, 3.8) is 0 Å². The topological polar surface area (TPSA) is 34.1 Å². The second kappa shape index (κ2) is 9.89. The number of benzene rings is 2. The average molecular weight is 391 g/mol. The molecule has 0 aliphatic rings. The molecule has 0 bridgehead atoms. The average Bonchev–Trinajstić information content (AvgIpc) is 2.62. The molecule has 0 aromatic heterocycles. The highest BCUT2D eigenvalue weighted by Crippen LogP contribution is 2.18. The molecule has 2 nitrogen and oxygen atoms in total. The van der Waals surface area contributed by atoms with Crippen LogP contribution in [0.25, 0.3) is 0 Å². The lowest BCUT2D eigenvalue weighted by molar-refractivity contribution is 0.0980. The molecule has 0 atom stereocenters. The minimum atomic E-state index is 0.0867. The summed E-state index contributed by atoms with van der Waals surface area (Å²) in [5, 5.41) is 0. The Labute approximate surface area is 165 Å². The molecule has 0 spiro atoms. The van der Waals surface area contributed by atoms with Crippen molar-refractivity contribution >= 4 is 34.8 Å². The number of aryl methyl sites for hydroxylation is 4. The Kier molecular flexibility index (Phi) is 7.86. The van der Waals surface area contributed by atoms with Crippen LogP contribution in [0, 0.1) is 13.8 Å². The van der Waals surface area contributed by atoms with Crippen molar-refractivity contribution in [3.05, 3.63) is 69.8 Å². The smallest absolute Gasteiger partial charge is 0.164 e. The second-order valence-corrected chi connectivity index (χ2v) is 7.28. The van der Waals surface area contributed by atoms with E-state index in [1.807, 2.05) is 38.1 Å². The van der Waals surface area contributed by atoms with E-state index >= 15 is 0 Å². The van der Waals surface area contributed by atoms with Crippen LogP contribution in [0.15, 0.2) is 36.4 Å². The fourth-order valence-corrected chi connectivity index (χ4v) is 3.32. The molecule has 0 unspecified atom stereocenters. The van der Waals surface area contributed by atoms with Gasteiger partial charge in [-0.2, -0.15) is 0 Å². The number of carbonyl (C=O) groups is 2. The normalized spacial score (nSPS) is 10.8. The van der Waals surface area contributed by atoms with Crippen LogP contribution in [0.4, 0.5) is 0 Å². The van der Waals surface area contributed by atoms with E-state index < -0.39 is 0 Å². The molecule has 0 saturated heterocycles. The molecule has 4 heteroatoms. The van der Waals surface area contributed by atoms with Gasteiger partial charge in [0, 0.05) is 35.7 Å². The molecule has 26 heavy (non-hydrogen) atoms. The SMILES string of the molecule is Cc1ccc(CCc2ccc(C)c(C(=O)CCCl)c2)cc1C(=O)CCCl. The summed E-state index contributed by atoms with van der Waals surface area (Å²) < 4.78 is 0. The molecule has 0 fully saturated rings. The maximum absolute atomic E-state index is 12.2. The monoisotopic (exact) mass is 390 g/mol. The van der Waals surface area contributed by atoms with Crippen molar-refractivity contribution in [3.8, 4) is 0 Å². The summed E-state index contributed by atoms with van der Waals surface area (Å²) in [5.74, 6) is 0.850. The fraction of sp³-hybridized carbons (Fsp3) is 0.364. The highest BCUT2D eigenvalue weighted by atomic mass is 35.5. The minimum absolute atomic E-state index is 0.0867. The lowest BCUT2D eigenvalue weighted by Crippen LogP contribution is -2.05. The number of alkyl halides is 2. The number of hydrogen-bond acceptors (Lipinski definition) is 2. The first-order valence-corrected chi connectivity index (χ1v) is 9.90. The van der Waals surface area contributed by atoms with Gasteiger partial charge in [-0.1, -0.05) is 24.3 Å². The summed E-state index contributed by atoms with van der Waals surface area (Å²) in [6.45, 7) is 3.89. The van der Waals surface area contributed by atoms with E-state index in [0.717, 1.165) is 46.2 Å². The number of Topliss-reactive ketones (excluding diaryl/α,β-unsaturated/α-hetero) is 2. The van der Waals surface area contributed by atoms with E-state index in [4.69, 9.17) is 23.2 Å². The molecule has 2 aromatic rings. The Bertz CT molecular complexity index is 729. The van der Waals surface area contributed by atoms with E-state index in [0.29, 0.717) is 24.6 Å². The Balaban J connectivity index is 2.14. The van der Waals surface area contributed by atoms with E-state index in [-0.39, 0.29) is 11.6 Å². The first kappa shape index (κ1) is 20.7. The third-order valence-electron chi connectivity index (χ3n) is 4.55. The summed E-state index contributed by atoms with van der Waals surface area (Å²) in [5.41, 5.74) is 5.70. The molecule has 0 amide bonds. The number of ketones is 2. The summed E-state index contributed by atoms with van der Waals surface area (Å²) in [6, 6.07) is 12.0. The third kappa shape index (κ3) is 5.43. The standard InChI is InChI=1S/C22H24Cl2O2/c1-15-3-5-17(13-19(15)21(25)9-11-23)7-8-18-6-4-16(2)20(14-18)22(26)10-12-24/h3-6,13-14H,7-12H2,1-2H3. The van der Waals surface area contributed by atoms with Gasteiger partial charge in [-0.15, -0.1) is 23.2 Å². The maximum Gasteiger partial charge on any atom is 0.164 e. The Morgan fingerprint density at radius 3 is 1.46 bits per heavy atom. The zero-order chi connectivity index (χ0) is 19.1. The van der Waals surface area contributed by atoms with Crippen molar-refractivity contribution < 1.29 is 9.59 Å². The van der Waals surface area contributed by atoms with Crippen LogP contribution in [0.5, 0.6) is 0 Å². The van der Waals surface area contributed by atoms with E-state index in [1.54, 1.807) is 0 Å². The first-order chi connectivity index (χ1) is 12.5. The predicted molar refractivity (Wildman–Crippen MR) is 109 cm³/mol. The summed E-state index contributed by atoms with van der Waals surface area (Å²) >= 11 is 11.4. The third-order valence-corrected chi connectivity index (χ3v) is 4.93. The van der Waals surface area contributed by atoms with Crippen LogP contribution in [0.3, 0.4) is 0 Å². The Morgan fingerprint density at radius 1 is 0.731 bits per heavy atom. The molecular formula is C22H24Cl2O2. The van der Waals surface area contributed by atoms with Gasteiger partial charge in [0.15, 0.2) is 11.6 Å². The van der Waals surface area contributed by atoms with E-state index in [1.165, 1.54) is 0 Å². The van der Waals surface area contributed by atoms with Gasteiger partial charge in [-0.3, -0.25) is 9.59 Å². The van der Waals surface area contributed by atoms with Crippen molar-refractivity contribution in [2.45, 2.75) is 39.5 Å². The lowest BCUT2D eigenvalue weighted by Gasteiger charge is -2.10. The highest BCUT2D eigenvalue weighted by molar-refractivity contribution is 6.20. The number of rotatable bonds is 9. The van der Waals surface area contributed by atoms with Gasteiger partial charge >= 0.3 is 0 Å². The van der Waals surface area contributed by atoms with Gasteiger partial charge in [0.25, 0.3) is 0 Å². The zero-order valence-corrected chi connectivity index (χ0v) is 16.8. The minimum Gasteiger partial charge on any atom is -0.294 e. The molecule has 0 radical (unpaired) electrons. The summed E-state index contributed by atoms with van der Waals surface area (Å²) in [6.07, 6.45) is 2.34. The van der Waals surface area contributed by atoms with Crippen molar-refractivity contribution in [2.75, 3.05) is 11.8 Å². The molecule has 0 N–H and O–H groups in total. The van der Waals surface area contributed by atoms with Gasteiger partial charge in [0.1, 0.15) is 0 Å². The highest BCUT2D eigenvalue weighted by Gasteiger charge is 2.11. The summed E-state index contributed by atoms with van der Waals surface area (Å²) in [4.78, 5) is 24.4. The van der Waals surface area contributed by atoms with Crippen LogP contribution in [-0.2, 0) is 12.8 Å². The van der Waals surface area contributed by atoms with E-state index in [2.05, 4.69) is 12.1 Å². The maximum atomic E-state index is 12.2. The van der Waals surface area contributed by atoms with E-state index in [9.17, 15) is 9.59 Å². The van der Waals surface area contributed by atoms with Crippen molar-refractivity contribution in [1.82, 2.24) is 0 Å². The van der Waals surface area contributed by atoms with Gasteiger partial charge < -0.3 is 0 Å². The predicted octanol–water partition coefficient (Wildman–Crippen LogP) is 5.71. The van der Waals surface area contributed by atoms with Crippen molar-refractivity contribution in [1.29, 1.82) is 0 Å². The van der Waals surface area contributed by atoms with Crippen LogP contribution in [0.1, 0.15) is 55.8 Å². The van der Waals surface area contributed by atoms with Crippen molar-refractivity contribution in [2.24, 2.45) is 0 Å². The lowest BCUT2D eigenvalue weighted by atomic mass is 9.95. The molecule has 2 rings (SSSR count). The summed E-state index contributed by atoms with van der Waals surface area (Å²) in [7, 11) is 0. The zero-order valence-electron chi connectivity index (χ0n) is 15.3. The van der Waals surface area contributed by atoms with Crippen LogP contribution >= 0.6 is 23.2 Å². The van der Waals surface area contributed by atoms with Gasteiger partial charge in [0.2, 0.25) is 0 Å². The molecule has 0 heterocycles. The van der Waals surface area contributed by atoms with Gasteiger partial charge in [-0.05, 0) is 61.1 Å². The largest absolute Gasteiger partial charge is 0.294 e. The Morgan fingerprint density at radius 2 is 1.12 bits per heavy atom. The molecule has 138 valence electrons. The molecule has 2 aromatic carbocycles. The van der Waals surface area contributed by atoms with Crippen LogP contribution in [0.2, 0.25) is 0 Å². The number of halogens is 2. The van der Waals surface area contributed by atoms with Gasteiger partial charge in [-0.25, -0.2) is 0 Å². The molecule has 0 aliphatic heterocycles. The fourth-order valence-electron chi connectivity index (χ4n) is 2.98. The second-order valence-electron chi connectivity index (χ2n) is 6.52. The van der Waals surface area contributed by atoms with Crippen LogP contribution in [-0.4, -0.2) is 23.3 Å². The Hall–Kier alpha value is -1.64. The van der Waals surface area contributed by atoms with Gasteiger partial charge in [0.05, 0.1) is 0 Å². The molecule has 0 saturated carbocycles. The number of hydrogen-bond donors (Lipinski definition) is 0. The van der Waals surface area contributed by atoms with Crippen LogP contribution < -0.4 is 0 Å². The first-order valence-electron chi connectivity index (χ1n) is 8.83. The molecule has 0 aliphatic carbocycles. The molecular weight excluding hydrogens is 367 g/mol. The quantitative estimate of drug-likeness (QED) is 0.405.